The second-order valence-corrected chi connectivity index (χ2v) is 13.3. The van der Waals surface area contributed by atoms with E-state index in [2.05, 4.69) is 194 Å². The third kappa shape index (κ3) is 4.99. The molecule has 1 heterocycles. The third-order valence-corrected chi connectivity index (χ3v) is 10.3. The lowest BCUT2D eigenvalue weighted by molar-refractivity contribution is 1.10. The smallest absolute Gasteiger partial charge is 0.0616 e. The highest BCUT2D eigenvalue weighted by Gasteiger charge is 2.21. The maximum Gasteiger partial charge on any atom is 0.0616 e. The minimum Gasteiger partial charge on any atom is -0.309 e. The fraction of sp³-hybridized carbons (Fsp3) is 0.0408. The van der Waals surface area contributed by atoms with E-state index >= 15 is 0 Å². The lowest BCUT2D eigenvalue weighted by atomic mass is 9.84. The lowest BCUT2D eigenvalue weighted by Crippen LogP contribution is -1.97. The first-order valence-electron chi connectivity index (χ1n) is 17.5. The van der Waals surface area contributed by atoms with Crippen LogP contribution in [0.3, 0.4) is 0 Å². The molecular weight excluding hydrogens is 617 g/mol. The Kier molecular flexibility index (Phi) is 7.44. The fourth-order valence-corrected chi connectivity index (χ4v) is 8.06. The zero-order valence-electron chi connectivity index (χ0n) is 28.8. The largest absolute Gasteiger partial charge is 0.309 e. The number of aliphatic imine (C=N–C) groups is 1. The fourth-order valence-electron chi connectivity index (χ4n) is 8.06. The van der Waals surface area contributed by atoms with E-state index in [1.165, 1.54) is 87.7 Å². The van der Waals surface area contributed by atoms with Gasteiger partial charge < -0.3 is 4.57 Å². The van der Waals surface area contributed by atoms with Crippen LogP contribution in [0.15, 0.2) is 169 Å². The van der Waals surface area contributed by atoms with E-state index in [0.29, 0.717) is 0 Å². The van der Waals surface area contributed by atoms with Gasteiger partial charge in [0.05, 0.1) is 11.2 Å². The van der Waals surface area contributed by atoms with E-state index in [1.807, 2.05) is 0 Å². The van der Waals surface area contributed by atoms with Crippen molar-refractivity contribution in [1.29, 1.82) is 0 Å². The van der Waals surface area contributed by atoms with Gasteiger partial charge in [-0.25, -0.2) is 0 Å². The number of hydrogen-bond donors (Lipinski definition) is 0. The Morgan fingerprint density at radius 1 is 0.490 bits per heavy atom. The number of hydrogen-bond acceptors (Lipinski definition) is 1. The van der Waals surface area contributed by atoms with Gasteiger partial charge in [0, 0.05) is 22.7 Å². The molecule has 0 unspecified atom stereocenters. The minimum absolute atomic E-state index is 1.10. The molecule has 0 bridgehead atoms. The van der Waals surface area contributed by atoms with Gasteiger partial charge in [0.15, 0.2) is 0 Å². The van der Waals surface area contributed by atoms with Crippen molar-refractivity contribution in [1.82, 2.24) is 4.57 Å². The maximum atomic E-state index is 4.08. The summed E-state index contributed by atoms with van der Waals surface area (Å²) in [6, 6.07) is 57.6. The summed E-state index contributed by atoms with van der Waals surface area (Å²) in [6.45, 7) is 8.13. The summed E-state index contributed by atoms with van der Waals surface area (Å²) in [7, 11) is 0. The molecular formula is C49H36N2. The van der Waals surface area contributed by atoms with Crippen LogP contribution in [0, 0.1) is 13.8 Å². The normalized spacial score (nSPS) is 11.7. The quantitative estimate of drug-likeness (QED) is 0.126. The zero-order chi connectivity index (χ0) is 34.5. The highest BCUT2D eigenvalue weighted by Crippen LogP contribution is 2.46. The predicted molar refractivity (Wildman–Crippen MR) is 220 cm³/mol. The van der Waals surface area contributed by atoms with Crippen LogP contribution in [0.2, 0.25) is 0 Å². The molecule has 9 rings (SSSR count). The van der Waals surface area contributed by atoms with Crippen molar-refractivity contribution in [3.8, 4) is 39.1 Å². The first-order valence-corrected chi connectivity index (χ1v) is 17.5. The highest BCUT2D eigenvalue weighted by molar-refractivity contribution is 6.23. The van der Waals surface area contributed by atoms with Crippen molar-refractivity contribution in [3.63, 3.8) is 0 Å². The van der Waals surface area contributed by atoms with Crippen LogP contribution in [0.1, 0.15) is 16.8 Å². The topological polar surface area (TPSA) is 17.3 Å². The van der Waals surface area contributed by atoms with Gasteiger partial charge in [0.25, 0.3) is 0 Å². The number of aryl methyl sites for hydroxylation is 2. The van der Waals surface area contributed by atoms with Gasteiger partial charge >= 0.3 is 0 Å². The summed E-state index contributed by atoms with van der Waals surface area (Å²) in [5, 5.41) is 8.69. The molecule has 0 fully saturated rings. The number of rotatable bonds is 6. The van der Waals surface area contributed by atoms with Crippen molar-refractivity contribution < 1.29 is 0 Å². The second kappa shape index (κ2) is 12.4. The molecule has 9 aromatic rings. The monoisotopic (exact) mass is 652 g/mol. The summed E-state index contributed by atoms with van der Waals surface area (Å²) < 4.78 is 2.37. The van der Waals surface area contributed by atoms with E-state index in [0.717, 1.165) is 11.4 Å². The van der Waals surface area contributed by atoms with Crippen molar-refractivity contribution in [2.75, 3.05) is 0 Å². The number of benzene rings is 8. The van der Waals surface area contributed by atoms with Crippen LogP contribution in [0.5, 0.6) is 0 Å². The molecule has 0 radical (unpaired) electrons. The van der Waals surface area contributed by atoms with E-state index in [4.69, 9.17) is 0 Å². The summed E-state index contributed by atoms with van der Waals surface area (Å²) in [4.78, 5) is 4.08. The van der Waals surface area contributed by atoms with Gasteiger partial charge in [0.2, 0.25) is 0 Å². The Morgan fingerprint density at radius 3 is 1.71 bits per heavy atom. The van der Waals surface area contributed by atoms with Crippen LogP contribution < -0.4 is 0 Å². The van der Waals surface area contributed by atoms with Crippen molar-refractivity contribution in [3.05, 3.63) is 181 Å². The van der Waals surface area contributed by atoms with Gasteiger partial charge in [-0.1, -0.05) is 139 Å². The molecule has 0 saturated carbocycles. The Hall–Kier alpha value is -6.51. The third-order valence-electron chi connectivity index (χ3n) is 10.3. The Balaban J connectivity index is 1.41. The van der Waals surface area contributed by atoms with E-state index in [9.17, 15) is 0 Å². The average Bonchev–Trinajstić information content (AvgIpc) is 3.47. The number of aromatic nitrogens is 1. The van der Waals surface area contributed by atoms with Crippen LogP contribution in [-0.2, 0) is 0 Å². The van der Waals surface area contributed by atoms with Gasteiger partial charge in [-0.3, -0.25) is 4.99 Å². The predicted octanol–water partition coefficient (Wildman–Crippen LogP) is 13.4. The molecule has 1 aromatic heterocycles. The first-order chi connectivity index (χ1) is 25.1. The molecule has 51 heavy (non-hydrogen) atoms. The lowest BCUT2D eigenvalue weighted by Gasteiger charge is -2.19. The molecule has 0 N–H and O–H groups in total. The van der Waals surface area contributed by atoms with Gasteiger partial charge in [-0.15, -0.1) is 0 Å². The van der Waals surface area contributed by atoms with E-state index in [1.54, 1.807) is 6.20 Å². The molecule has 0 aliphatic heterocycles. The molecule has 0 amide bonds. The standard InChI is InChI=1S/C49H36N2/c1-32-23-25-39-44(29-32)47(34-15-7-4-8-16-34)40-26-24-36(30-45(40)48(39)35-17-9-5-10-18-35)43-31-42-33(2)46(27-28-50-3)51(37-19-11-6-12-20-37)49(42)41-22-14-13-21-38(41)43/h4-31H,3H2,1-2H3/b28-27-. The zero-order valence-corrected chi connectivity index (χ0v) is 28.8. The Morgan fingerprint density at radius 2 is 1.06 bits per heavy atom. The molecule has 0 atom stereocenters. The Bertz CT molecular complexity index is 2810. The van der Waals surface area contributed by atoms with Gasteiger partial charge in [0.1, 0.15) is 0 Å². The number of nitrogens with zero attached hydrogens (tertiary/aromatic N) is 2. The summed E-state index contributed by atoms with van der Waals surface area (Å²) in [5.74, 6) is 0. The Labute approximate surface area is 298 Å². The minimum atomic E-state index is 1.10. The molecule has 242 valence electrons. The first kappa shape index (κ1) is 30.5. The molecule has 0 spiro atoms. The van der Waals surface area contributed by atoms with Crippen LogP contribution in [0.25, 0.3) is 88.4 Å². The highest BCUT2D eigenvalue weighted by atomic mass is 15.0. The van der Waals surface area contributed by atoms with Crippen LogP contribution >= 0.6 is 0 Å². The number of fused-ring (bicyclic) bond motifs is 5. The molecule has 0 saturated heterocycles. The molecule has 0 aliphatic rings. The second-order valence-electron chi connectivity index (χ2n) is 13.3. The van der Waals surface area contributed by atoms with Gasteiger partial charge in [-0.05, 0) is 117 Å². The summed E-state index contributed by atoms with van der Waals surface area (Å²) >= 11 is 0. The van der Waals surface area contributed by atoms with E-state index < -0.39 is 0 Å². The molecule has 0 aliphatic carbocycles. The van der Waals surface area contributed by atoms with Crippen LogP contribution in [-0.4, -0.2) is 11.3 Å². The molecule has 2 nitrogen and oxygen atoms in total. The van der Waals surface area contributed by atoms with Crippen molar-refractivity contribution in [2.24, 2.45) is 4.99 Å². The molecule has 2 heteroatoms. The number of para-hydroxylation sites is 1. The van der Waals surface area contributed by atoms with E-state index in [-0.39, 0.29) is 0 Å². The average molecular weight is 653 g/mol. The van der Waals surface area contributed by atoms with Crippen molar-refractivity contribution in [2.45, 2.75) is 13.8 Å². The van der Waals surface area contributed by atoms with Crippen LogP contribution in [0.4, 0.5) is 0 Å². The SMILES string of the molecule is C=N/C=C\c1c(C)c2cc(-c3ccc4c(-c5ccccc5)c5cc(C)ccc5c(-c5ccccc5)c4c3)c3ccccc3c2n1-c1ccccc1. The molecule has 8 aromatic carbocycles. The van der Waals surface area contributed by atoms with Gasteiger partial charge in [-0.2, -0.15) is 0 Å². The maximum absolute atomic E-state index is 4.08. The summed E-state index contributed by atoms with van der Waals surface area (Å²) in [5.41, 5.74) is 13.3. The van der Waals surface area contributed by atoms with Crippen molar-refractivity contribution >= 4 is 56.0 Å². The summed E-state index contributed by atoms with van der Waals surface area (Å²) in [6.07, 6.45) is 3.86.